The Morgan fingerprint density at radius 1 is 1.61 bits per heavy atom. The first-order valence-corrected chi connectivity index (χ1v) is 6.80. The van der Waals surface area contributed by atoms with Gasteiger partial charge in [0, 0.05) is 19.4 Å². The molecule has 1 atom stereocenters. The van der Waals surface area contributed by atoms with Crippen molar-refractivity contribution < 1.29 is 4.74 Å². The maximum absolute atomic E-state index is 12.3. The van der Waals surface area contributed by atoms with Gasteiger partial charge in [-0.15, -0.1) is 0 Å². The minimum absolute atomic E-state index is 0.230. The van der Waals surface area contributed by atoms with Crippen LogP contribution in [-0.2, 0) is 0 Å². The van der Waals surface area contributed by atoms with Crippen LogP contribution in [0.15, 0.2) is 24.5 Å². The van der Waals surface area contributed by atoms with E-state index in [9.17, 15) is 5.21 Å². The van der Waals surface area contributed by atoms with Crippen LogP contribution in [0.5, 0.6) is 0 Å². The number of aromatic nitrogens is 1. The van der Waals surface area contributed by atoms with Crippen molar-refractivity contribution in [3.8, 4) is 0 Å². The highest BCUT2D eigenvalue weighted by Gasteiger charge is 2.48. The van der Waals surface area contributed by atoms with Crippen LogP contribution in [0, 0.1) is 5.21 Å². The van der Waals surface area contributed by atoms with Gasteiger partial charge in [0.15, 0.2) is 6.21 Å². The minimum Gasteiger partial charge on any atom is -0.622 e. The van der Waals surface area contributed by atoms with E-state index in [0.717, 1.165) is 14.6 Å². The van der Waals surface area contributed by atoms with E-state index in [4.69, 9.17) is 12.2 Å². The first kappa shape index (κ1) is 13.3. The summed E-state index contributed by atoms with van der Waals surface area (Å²) in [5.74, 6) is 0. The molecule has 0 aromatic carbocycles. The second-order valence-electron chi connectivity index (χ2n) is 4.73. The second kappa shape index (κ2) is 4.85. The van der Waals surface area contributed by atoms with Gasteiger partial charge in [0.25, 0.3) is 6.17 Å². The Labute approximate surface area is 116 Å². The molecule has 2 rings (SSSR count). The molecule has 2 heterocycles. The van der Waals surface area contributed by atoms with E-state index < -0.39 is 0 Å². The van der Waals surface area contributed by atoms with Crippen LogP contribution >= 0.6 is 24.0 Å². The maximum atomic E-state index is 12.3. The Balaban J connectivity index is 2.31. The van der Waals surface area contributed by atoms with E-state index in [2.05, 4.69) is 4.98 Å². The fraction of sp³-hybridized carbons (Fsp3) is 0.417. The summed E-state index contributed by atoms with van der Waals surface area (Å²) < 4.78 is 1.49. The summed E-state index contributed by atoms with van der Waals surface area (Å²) in [5.41, 5.74) is 0.791. The lowest BCUT2D eigenvalue weighted by molar-refractivity contribution is -0.522. The molecule has 0 bridgehead atoms. The number of hydroxylamine groups is 1. The number of thiocarbonyl (C=S) groups is 1. The zero-order valence-corrected chi connectivity index (χ0v) is 12.2. The maximum Gasteiger partial charge on any atom is 0.254 e. The molecule has 0 radical (unpaired) electrons. The van der Waals surface area contributed by atoms with Crippen molar-refractivity contribution in [2.45, 2.75) is 24.8 Å². The van der Waals surface area contributed by atoms with E-state index >= 15 is 0 Å². The van der Waals surface area contributed by atoms with Crippen molar-refractivity contribution in [1.29, 1.82) is 0 Å². The Hall–Kier alpha value is -1.14. The molecule has 0 amide bonds. The van der Waals surface area contributed by atoms with Crippen LogP contribution in [0.2, 0.25) is 0 Å². The van der Waals surface area contributed by atoms with E-state index in [0.29, 0.717) is 0 Å². The van der Waals surface area contributed by atoms with Gasteiger partial charge in [-0.3, -0.25) is 4.98 Å². The van der Waals surface area contributed by atoms with E-state index in [1.807, 2.05) is 37.9 Å². The minimum atomic E-state index is -0.296. The average molecular weight is 281 g/mol. The average Bonchev–Trinajstić information content (AvgIpc) is 2.49. The molecule has 18 heavy (non-hydrogen) atoms. The van der Waals surface area contributed by atoms with E-state index in [1.54, 1.807) is 30.4 Å². The highest BCUT2D eigenvalue weighted by molar-refractivity contribution is 8.24. The first-order valence-electron chi connectivity index (χ1n) is 5.58. The topological polar surface area (TPSA) is 42.2 Å². The van der Waals surface area contributed by atoms with Gasteiger partial charge in [-0.05, 0) is 26.0 Å². The zero-order chi connectivity index (χ0) is 13.3. The largest absolute Gasteiger partial charge is 0.622 e. The van der Waals surface area contributed by atoms with E-state index in [1.165, 1.54) is 0 Å². The predicted octanol–water partition coefficient (Wildman–Crippen LogP) is 2.08. The number of pyridine rings is 1. The second-order valence-corrected chi connectivity index (χ2v) is 7.02. The molecular weight excluding hydrogens is 266 g/mol. The molecule has 0 aliphatic carbocycles. The van der Waals surface area contributed by atoms with Crippen molar-refractivity contribution in [2.75, 3.05) is 7.05 Å². The highest BCUT2D eigenvalue weighted by Crippen LogP contribution is 2.40. The summed E-state index contributed by atoms with van der Waals surface area (Å²) >= 11 is 6.81. The summed E-state index contributed by atoms with van der Waals surface area (Å²) in [5, 5.41) is 12.3. The van der Waals surface area contributed by atoms with Gasteiger partial charge < -0.3 is 10.1 Å². The zero-order valence-electron chi connectivity index (χ0n) is 10.5. The molecule has 0 saturated carbocycles. The van der Waals surface area contributed by atoms with Gasteiger partial charge in [0.05, 0.1) is 5.56 Å². The van der Waals surface area contributed by atoms with Gasteiger partial charge in [0.2, 0.25) is 0 Å². The number of rotatable bonds is 2. The van der Waals surface area contributed by atoms with Crippen molar-refractivity contribution in [1.82, 2.24) is 9.88 Å². The number of hydrogen-bond donors (Lipinski definition) is 0. The van der Waals surface area contributed by atoms with Crippen LogP contribution in [0.4, 0.5) is 0 Å². The standard InChI is InChI=1S/C12H15N3OS2/c1-12(2)10(14(3)11(17)18-12)15(16)8-9-5-4-6-13-7-9/h4-8,10H,1-3H3/b15-8-/t10-/m1/s1. The molecule has 1 aromatic rings. The summed E-state index contributed by atoms with van der Waals surface area (Å²) in [4.78, 5) is 5.84. The first-order chi connectivity index (χ1) is 8.42. The number of thioether (sulfide) groups is 1. The predicted molar refractivity (Wildman–Crippen MR) is 78.8 cm³/mol. The van der Waals surface area contributed by atoms with Crippen LogP contribution in [-0.4, -0.2) is 43.1 Å². The Kier molecular flexibility index (Phi) is 3.59. The lowest BCUT2D eigenvalue weighted by Gasteiger charge is -2.27. The summed E-state index contributed by atoms with van der Waals surface area (Å²) in [6.45, 7) is 4.06. The quantitative estimate of drug-likeness (QED) is 0.273. The third-order valence-corrected chi connectivity index (χ3v) is 4.57. The van der Waals surface area contributed by atoms with Crippen molar-refractivity contribution in [3.05, 3.63) is 35.3 Å². The number of hydrogen-bond acceptors (Lipinski definition) is 4. The molecular formula is C12H15N3OS2. The Morgan fingerprint density at radius 2 is 2.33 bits per heavy atom. The van der Waals surface area contributed by atoms with Gasteiger partial charge in [0.1, 0.15) is 9.07 Å². The molecule has 0 spiro atoms. The summed E-state index contributed by atoms with van der Waals surface area (Å²) in [6.07, 6.45) is 4.61. The number of nitrogens with zero attached hydrogens (tertiary/aromatic N) is 3. The van der Waals surface area contributed by atoms with Crippen LogP contribution in [0.25, 0.3) is 0 Å². The lowest BCUT2D eigenvalue weighted by Crippen LogP contribution is -2.46. The van der Waals surface area contributed by atoms with Gasteiger partial charge >= 0.3 is 0 Å². The SMILES string of the molecule is CN1C(=S)SC(C)(C)[C@H]1/[N+]([O-])=C/c1cccnc1. The third-order valence-electron chi connectivity index (χ3n) is 2.83. The fourth-order valence-corrected chi connectivity index (χ4v) is 3.87. The van der Waals surface area contributed by atoms with Crippen LogP contribution < -0.4 is 0 Å². The lowest BCUT2D eigenvalue weighted by atomic mass is 10.1. The third kappa shape index (κ3) is 2.49. The molecule has 4 nitrogen and oxygen atoms in total. The summed E-state index contributed by atoms with van der Waals surface area (Å²) in [6, 6.07) is 3.66. The van der Waals surface area contributed by atoms with Crippen molar-refractivity contribution in [3.63, 3.8) is 0 Å². The highest BCUT2D eigenvalue weighted by atomic mass is 32.2. The van der Waals surface area contributed by atoms with Gasteiger partial charge in [-0.1, -0.05) is 24.0 Å². The Bertz CT molecular complexity index is 487. The molecule has 1 aliphatic rings. The fourth-order valence-electron chi connectivity index (χ4n) is 2.06. The smallest absolute Gasteiger partial charge is 0.254 e. The van der Waals surface area contributed by atoms with Crippen molar-refractivity contribution in [2.24, 2.45) is 0 Å². The van der Waals surface area contributed by atoms with Crippen molar-refractivity contribution >= 4 is 34.5 Å². The molecule has 6 heteroatoms. The monoisotopic (exact) mass is 281 g/mol. The van der Waals surface area contributed by atoms with Gasteiger partial charge in [-0.25, -0.2) is 0 Å². The molecule has 1 aliphatic heterocycles. The van der Waals surface area contributed by atoms with E-state index in [-0.39, 0.29) is 10.9 Å². The Morgan fingerprint density at radius 3 is 2.83 bits per heavy atom. The van der Waals surface area contributed by atoms with Crippen LogP contribution in [0.1, 0.15) is 19.4 Å². The molecule has 1 aromatic heterocycles. The molecule has 96 valence electrons. The van der Waals surface area contributed by atoms with Crippen LogP contribution in [0.3, 0.4) is 0 Å². The molecule has 0 unspecified atom stereocenters. The molecule has 1 saturated heterocycles. The van der Waals surface area contributed by atoms with Gasteiger partial charge in [-0.2, -0.15) is 4.74 Å². The summed E-state index contributed by atoms with van der Waals surface area (Å²) in [7, 11) is 1.86. The molecule has 0 N–H and O–H groups in total. The normalized spacial score (nSPS) is 23.5. The molecule has 1 fully saturated rings.